The number of aromatic amines is 1. The molecule has 1 amide bonds. The molecule has 4 rings (SSSR count). The van der Waals surface area contributed by atoms with Crippen molar-refractivity contribution in [1.82, 2.24) is 19.9 Å². The van der Waals surface area contributed by atoms with Gasteiger partial charge in [0.1, 0.15) is 0 Å². The summed E-state index contributed by atoms with van der Waals surface area (Å²) in [4.78, 5) is 26.9. The van der Waals surface area contributed by atoms with Crippen molar-refractivity contribution in [2.24, 2.45) is 0 Å². The summed E-state index contributed by atoms with van der Waals surface area (Å²) in [6.45, 7) is 4.72. The van der Waals surface area contributed by atoms with Gasteiger partial charge in [-0.1, -0.05) is 18.2 Å². The number of carbonyl (C=O) groups excluding carboxylic acids is 1. The van der Waals surface area contributed by atoms with E-state index in [1.165, 1.54) is 0 Å². The standard InChI is InChI=1S/C18H18N4O/c1-11-5-3-7-15-16(11)21-17(20-15)18(23)22-10-8-14-13(12(22)2)6-4-9-19-14/h3-7,9,12H,8,10H2,1-2H3,(H,20,21)/t12-/m0/s1. The molecule has 0 radical (unpaired) electrons. The second-order valence-electron chi connectivity index (χ2n) is 6.02. The molecular weight excluding hydrogens is 288 g/mol. The fourth-order valence-corrected chi connectivity index (χ4v) is 3.32. The quantitative estimate of drug-likeness (QED) is 0.751. The highest BCUT2D eigenvalue weighted by Crippen LogP contribution is 2.29. The third-order valence-corrected chi connectivity index (χ3v) is 4.61. The van der Waals surface area contributed by atoms with Crippen molar-refractivity contribution in [2.45, 2.75) is 26.3 Å². The lowest BCUT2D eigenvalue weighted by Crippen LogP contribution is -2.39. The lowest BCUT2D eigenvalue weighted by Gasteiger charge is -2.34. The van der Waals surface area contributed by atoms with Crippen LogP contribution in [0.15, 0.2) is 36.5 Å². The Morgan fingerprint density at radius 2 is 2.17 bits per heavy atom. The zero-order valence-corrected chi connectivity index (χ0v) is 13.2. The first-order chi connectivity index (χ1) is 11.1. The predicted molar refractivity (Wildman–Crippen MR) is 88.2 cm³/mol. The summed E-state index contributed by atoms with van der Waals surface area (Å²) in [5.74, 6) is 0.357. The van der Waals surface area contributed by atoms with Crippen LogP contribution < -0.4 is 0 Å². The van der Waals surface area contributed by atoms with Crippen molar-refractivity contribution in [3.05, 3.63) is 59.2 Å². The van der Waals surface area contributed by atoms with Crippen LogP contribution in [0.3, 0.4) is 0 Å². The average Bonchev–Trinajstić information content (AvgIpc) is 3.01. The molecule has 3 heterocycles. The Balaban J connectivity index is 1.70. The number of hydrogen-bond donors (Lipinski definition) is 1. The first-order valence-electron chi connectivity index (χ1n) is 7.85. The monoisotopic (exact) mass is 306 g/mol. The van der Waals surface area contributed by atoms with Gasteiger partial charge in [-0.25, -0.2) is 4.98 Å². The van der Waals surface area contributed by atoms with Gasteiger partial charge in [-0.05, 0) is 37.1 Å². The number of nitrogens with zero attached hydrogens (tertiary/aromatic N) is 3. The summed E-state index contributed by atoms with van der Waals surface area (Å²) in [6.07, 6.45) is 2.59. The zero-order valence-electron chi connectivity index (χ0n) is 13.2. The lowest BCUT2D eigenvalue weighted by molar-refractivity contribution is 0.0665. The van der Waals surface area contributed by atoms with E-state index in [4.69, 9.17) is 0 Å². The minimum atomic E-state index is -0.0531. The van der Waals surface area contributed by atoms with Gasteiger partial charge in [0.05, 0.1) is 17.1 Å². The normalized spacial score (nSPS) is 17.3. The molecule has 5 heteroatoms. The second kappa shape index (κ2) is 5.19. The van der Waals surface area contributed by atoms with Crippen LogP contribution in [0.2, 0.25) is 0 Å². The Bertz CT molecular complexity index is 899. The molecule has 2 aromatic heterocycles. The van der Waals surface area contributed by atoms with E-state index in [1.54, 1.807) is 0 Å². The third kappa shape index (κ3) is 2.20. The molecule has 0 spiro atoms. The van der Waals surface area contributed by atoms with Gasteiger partial charge in [0, 0.05) is 24.9 Å². The van der Waals surface area contributed by atoms with Gasteiger partial charge in [-0.2, -0.15) is 0 Å². The number of fused-ring (bicyclic) bond motifs is 2. The van der Waals surface area contributed by atoms with Crippen LogP contribution in [-0.4, -0.2) is 32.3 Å². The summed E-state index contributed by atoms with van der Waals surface area (Å²) in [6, 6.07) is 9.90. The minimum absolute atomic E-state index is 0.00857. The number of para-hydroxylation sites is 1. The summed E-state index contributed by atoms with van der Waals surface area (Å²) in [5.41, 5.74) is 5.05. The smallest absolute Gasteiger partial charge is 0.290 e. The van der Waals surface area contributed by atoms with Crippen LogP contribution in [0.1, 0.15) is 40.4 Å². The molecule has 3 aromatic rings. The van der Waals surface area contributed by atoms with Crippen molar-refractivity contribution in [3.8, 4) is 0 Å². The number of imidazole rings is 1. The Labute approximate surface area is 134 Å². The molecule has 1 aromatic carbocycles. The van der Waals surface area contributed by atoms with Gasteiger partial charge in [0.2, 0.25) is 0 Å². The highest BCUT2D eigenvalue weighted by atomic mass is 16.2. The van der Waals surface area contributed by atoms with E-state index in [0.29, 0.717) is 12.4 Å². The molecule has 0 saturated carbocycles. The first-order valence-corrected chi connectivity index (χ1v) is 7.85. The molecule has 116 valence electrons. The molecule has 23 heavy (non-hydrogen) atoms. The maximum Gasteiger partial charge on any atom is 0.290 e. The van der Waals surface area contributed by atoms with Crippen LogP contribution in [0.4, 0.5) is 0 Å². The Kier molecular flexibility index (Phi) is 3.15. The molecule has 1 aliphatic heterocycles. The molecule has 1 atom stereocenters. The maximum absolute atomic E-state index is 12.9. The highest BCUT2D eigenvalue weighted by molar-refractivity contribution is 5.95. The largest absolute Gasteiger partial charge is 0.334 e. The number of amides is 1. The number of nitrogens with one attached hydrogen (secondary N) is 1. The maximum atomic E-state index is 12.9. The number of aryl methyl sites for hydroxylation is 1. The molecule has 0 fully saturated rings. The Hall–Kier alpha value is -2.69. The van der Waals surface area contributed by atoms with Crippen LogP contribution >= 0.6 is 0 Å². The molecule has 0 aliphatic carbocycles. The number of rotatable bonds is 1. The summed E-state index contributed by atoms with van der Waals surface area (Å²) in [5, 5.41) is 0. The van der Waals surface area contributed by atoms with Gasteiger partial charge < -0.3 is 9.88 Å². The number of hydrogen-bond acceptors (Lipinski definition) is 3. The van der Waals surface area contributed by atoms with Crippen molar-refractivity contribution in [2.75, 3.05) is 6.54 Å². The lowest BCUT2D eigenvalue weighted by atomic mass is 9.98. The summed E-state index contributed by atoms with van der Waals surface area (Å²) < 4.78 is 0. The third-order valence-electron chi connectivity index (χ3n) is 4.61. The second-order valence-corrected chi connectivity index (χ2v) is 6.02. The predicted octanol–water partition coefficient (Wildman–Crippen LogP) is 3.03. The Morgan fingerprint density at radius 1 is 1.30 bits per heavy atom. The van der Waals surface area contributed by atoms with Crippen LogP contribution in [0.25, 0.3) is 11.0 Å². The van der Waals surface area contributed by atoms with Crippen molar-refractivity contribution >= 4 is 16.9 Å². The number of carbonyl (C=O) groups is 1. The van der Waals surface area contributed by atoms with E-state index in [9.17, 15) is 4.79 Å². The zero-order chi connectivity index (χ0) is 16.0. The first kappa shape index (κ1) is 13.9. The average molecular weight is 306 g/mol. The SMILES string of the molecule is Cc1cccc2[nH]c(C(=O)N3CCc4ncccc4[C@@H]3C)nc12. The number of benzene rings is 1. The van der Waals surface area contributed by atoms with Crippen LogP contribution in [0, 0.1) is 6.92 Å². The molecular formula is C18H18N4O. The Morgan fingerprint density at radius 3 is 3.00 bits per heavy atom. The van der Waals surface area contributed by atoms with Gasteiger partial charge in [0.25, 0.3) is 5.91 Å². The van der Waals surface area contributed by atoms with Crippen LogP contribution in [-0.2, 0) is 6.42 Å². The topological polar surface area (TPSA) is 61.9 Å². The highest BCUT2D eigenvalue weighted by Gasteiger charge is 2.30. The minimum Gasteiger partial charge on any atom is -0.334 e. The summed E-state index contributed by atoms with van der Waals surface area (Å²) in [7, 11) is 0. The van der Waals surface area contributed by atoms with Gasteiger partial charge >= 0.3 is 0 Å². The molecule has 0 bridgehead atoms. The van der Waals surface area contributed by atoms with E-state index >= 15 is 0 Å². The molecule has 0 saturated heterocycles. The van der Waals surface area contributed by atoms with Gasteiger partial charge in [0.15, 0.2) is 5.82 Å². The van der Waals surface area contributed by atoms with Crippen molar-refractivity contribution < 1.29 is 4.79 Å². The van der Waals surface area contributed by atoms with Gasteiger partial charge in [-0.15, -0.1) is 0 Å². The molecule has 5 nitrogen and oxygen atoms in total. The van der Waals surface area contributed by atoms with E-state index in [1.807, 2.05) is 49.2 Å². The molecule has 0 unspecified atom stereocenters. The number of pyridine rings is 1. The summed E-state index contributed by atoms with van der Waals surface area (Å²) >= 11 is 0. The molecule has 1 aliphatic rings. The fraction of sp³-hybridized carbons (Fsp3) is 0.278. The van der Waals surface area contributed by atoms with Gasteiger partial charge in [-0.3, -0.25) is 9.78 Å². The number of aromatic nitrogens is 3. The van der Waals surface area contributed by atoms with E-state index < -0.39 is 0 Å². The van der Waals surface area contributed by atoms with Crippen molar-refractivity contribution in [1.29, 1.82) is 0 Å². The fourth-order valence-electron chi connectivity index (χ4n) is 3.32. The molecule has 1 N–H and O–H groups in total. The number of H-pyrrole nitrogens is 1. The van der Waals surface area contributed by atoms with E-state index in [0.717, 1.165) is 34.3 Å². The van der Waals surface area contributed by atoms with Crippen LogP contribution in [0.5, 0.6) is 0 Å². The van der Waals surface area contributed by atoms with Crippen molar-refractivity contribution in [3.63, 3.8) is 0 Å². The van der Waals surface area contributed by atoms with E-state index in [-0.39, 0.29) is 11.9 Å². The van der Waals surface area contributed by atoms with E-state index in [2.05, 4.69) is 21.0 Å².